The Bertz CT molecular complexity index is 224. The Morgan fingerprint density at radius 3 is 2.43 bits per heavy atom. The molecule has 0 unspecified atom stereocenters. The van der Waals surface area contributed by atoms with E-state index in [0.29, 0.717) is 0 Å². The van der Waals surface area contributed by atoms with Gasteiger partial charge in [0, 0.05) is 6.08 Å². The molecule has 0 radical (unpaired) electrons. The van der Waals surface area contributed by atoms with Gasteiger partial charge in [0.25, 0.3) is 0 Å². The summed E-state index contributed by atoms with van der Waals surface area (Å²) in [5.74, 6) is -0.795. The Kier molecular flexibility index (Phi) is 11.3. The fourth-order valence-corrected chi connectivity index (χ4v) is 0.636. The molecule has 0 spiro atoms. The van der Waals surface area contributed by atoms with Crippen LogP contribution in [0.15, 0.2) is 12.7 Å². The van der Waals surface area contributed by atoms with E-state index in [1.807, 2.05) is 0 Å². The molecule has 0 rings (SSSR count). The molecule has 0 aliphatic heterocycles. The molecule has 0 aliphatic rings. The summed E-state index contributed by atoms with van der Waals surface area (Å²) in [5.41, 5.74) is 0. The number of hydrogen-bond acceptors (Lipinski definition) is 5. The number of phosphoric acid groups is 1. The van der Waals surface area contributed by atoms with Gasteiger partial charge in [-0.2, -0.15) is 4.89 Å². The predicted molar refractivity (Wildman–Crippen MR) is 47.4 cm³/mol. The number of hydrogen-bond donors (Lipinski definition) is 2. The van der Waals surface area contributed by atoms with Gasteiger partial charge in [0.15, 0.2) is 0 Å². The van der Waals surface area contributed by atoms with Crippen LogP contribution in [0.3, 0.4) is 0 Å². The minimum atomic E-state index is -4.48. The Balaban J connectivity index is 0. The molecule has 2 N–H and O–H groups in total. The van der Waals surface area contributed by atoms with E-state index in [2.05, 4.69) is 20.9 Å². The van der Waals surface area contributed by atoms with Crippen LogP contribution < -0.4 is 0 Å². The first kappa shape index (κ1) is 17.3. The van der Waals surface area contributed by atoms with Gasteiger partial charge in [-0.25, -0.2) is 9.36 Å². The molecule has 0 aromatic carbocycles. The van der Waals surface area contributed by atoms with Gasteiger partial charge in [-0.1, -0.05) is 6.58 Å². The third-order valence-electron chi connectivity index (χ3n) is 0.734. The number of carbonyl (C=O) groups is 1. The topological polar surface area (TPSA) is 102 Å². The van der Waals surface area contributed by atoms with Gasteiger partial charge < -0.3 is 9.79 Å². The molecule has 0 aromatic rings. The van der Waals surface area contributed by atoms with Crippen LogP contribution in [-0.4, -0.2) is 80.4 Å². The first-order valence-electron chi connectivity index (χ1n) is 3.11. The van der Waals surface area contributed by atoms with E-state index in [9.17, 15) is 9.36 Å². The SMILES string of the molecule is C=CC(=O)OOCCOP(=O)(O)O.[KH]. The Morgan fingerprint density at radius 1 is 1.43 bits per heavy atom. The average Bonchev–Trinajstić information content (AvgIpc) is 2.01. The third kappa shape index (κ3) is 12.9. The molecule has 0 atom stereocenters. The van der Waals surface area contributed by atoms with Crippen molar-refractivity contribution in [3.05, 3.63) is 12.7 Å². The summed E-state index contributed by atoms with van der Waals surface area (Å²) in [6.45, 7) is 2.44. The zero-order valence-electron chi connectivity index (χ0n) is 6.58. The average molecular weight is 252 g/mol. The van der Waals surface area contributed by atoms with Crippen molar-refractivity contribution in [1.29, 1.82) is 0 Å². The van der Waals surface area contributed by atoms with Gasteiger partial charge in [-0.3, -0.25) is 9.41 Å². The first-order chi connectivity index (χ1) is 5.95. The molecule has 0 aliphatic carbocycles. The zero-order valence-corrected chi connectivity index (χ0v) is 7.48. The van der Waals surface area contributed by atoms with Gasteiger partial charge in [-0.15, -0.1) is 0 Å². The van der Waals surface area contributed by atoms with Crippen molar-refractivity contribution in [2.45, 2.75) is 0 Å². The summed E-state index contributed by atoms with van der Waals surface area (Å²) in [7, 11) is -4.48. The molecule has 0 saturated carbocycles. The molecule has 0 fully saturated rings. The monoisotopic (exact) mass is 252 g/mol. The standard InChI is InChI=1S/C5H9O7P.K.H/c1-2-5(6)12-10-3-4-11-13(7,8)9;;/h2H,1,3-4H2,(H2,7,8,9);;. The fraction of sp³-hybridized carbons (Fsp3) is 0.400. The Morgan fingerprint density at radius 2 is 2.00 bits per heavy atom. The summed E-state index contributed by atoms with van der Waals surface area (Å²) in [5, 5.41) is 0. The number of rotatable bonds is 6. The molecule has 0 amide bonds. The van der Waals surface area contributed by atoms with Gasteiger partial charge in [0.2, 0.25) is 0 Å². The van der Waals surface area contributed by atoms with Crippen LogP contribution >= 0.6 is 7.82 Å². The van der Waals surface area contributed by atoms with Crippen LogP contribution in [0.5, 0.6) is 0 Å². The van der Waals surface area contributed by atoms with Crippen molar-refractivity contribution in [1.82, 2.24) is 0 Å². The Hall–Kier alpha value is 0.916. The maximum absolute atomic E-state index is 10.3. The summed E-state index contributed by atoms with van der Waals surface area (Å²) < 4.78 is 14.0. The molecule has 78 valence electrons. The van der Waals surface area contributed by atoms with Crippen LogP contribution in [-0.2, 0) is 23.7 Å². The predicted octanol–water partition coefficient (Wildman–Crippen LogP) is -0.892. The quantitative estimate of drug-likeness (QED) is 0.158. The second kappa shape index (κ2) is 9.16. The van der Waals surface area contributed by atoms with Crippen LogP contribution in [0.1, 0.15) is 0 Å². The summed E-state index contributed by atoms with van der Waals surface area (Å²) >= 11 is 0. The summed E-state index contributed by atoms with van der Waals surface area (Å²) in [6.07, 6.45) is 0.879. The fourth-order valence-electron chi connectivity index (χ4n) is 0.324. The number of phosphoric ester groups is 1. The number of carbonyl (C=O) groups excluding carboxylic acids is 1. The van der Waals surface area contributed by atoms with Gasteiger partial charge in [-0.05, 0) is 0 Å². The van der Waals surface area contributed by atoms with Crippen LogP contribution in [0, 0.1) is 0 Å². The van der Waals surface area contributed by atoms with Crippen molar-refractivity contribution in [3.63, 3.8) is 0 Å². The van der Waals surface area contributed by atoms with Crippen LogP contribution in [0.2, 0.25) is 0 Å². The van der Waals surface area contributed by atoms with Crippen molar-refractivity contribution in [2.24, 2.45) is 0 Å². The molecule has 14 heavy (non-hydrogen) atoms. The minimum absolute atomic E-state index is 0. The van der Waals surface area contributed by atoms with E-state index in [4.69, 9.17) is 9.79 Å². The normalized spacial score (nSPS) is 10.1. The van der Waals surface area contributed by atoms with Crippen LogP contribution in [0.25, 0.3) is 0 Å². The van der Waals surface area contributed by atoms with Crippen molar-refractivity contribution in [2.75, 3.05) is 13.2 Å². The van der Waals surface area contributed by atoms with Gasteiger partial charge in [0.05, 0.1) is 6.61 Å². The molecule has 0 aromatic heterocycles. The van der Waals surface area contributed by atoms with Crippen LogP contribution in [0.4, 0.5) is 0 Å². The summed E-state index contributed by atoms with van der Waals surface area (Å²) in [6, 6.07) is 0. The molecule has 0 bridgehead atoms. The van der Waals surface area contributed by atoms with E-state index in [-0.39, 0.29) is 64.6 Å². The van der Waals surface area contributed by atoms with Crippen molar-refractivity contribution >= 4 is 65.2 Å². The molecule has 0 saturated heterocycles. The molecular formula is C5H10KO7P. The maximum atomic E-state index is 10.3. The second-order valence-electron chi connectivity index (χ2n) is 1.75. The third-order valence-corrected chi connectivity index (χ3v) is 1.25. The van der Waals surface area contributed by atoms with E-state index in [0.717, 1.165) is 6.08 Å². The second-order valence-corrected chi connectivity index (χ2v) is 2.99. The molecular weight excluding hydrogens is 242 g/mol. The summed E-state index contributed by atoms with van der Waals surface area (Å²) in [4.78, 5) is 34.9. The molecule has 0 heterocycles. The van der Waals surface area contributed by atoms with Gasteiger partial charge >= 0.3 is 65.2 Å². The van der Waals surface area contributed by atoms with E-state index in [1.54, 1.807) is 0 Å². The Labute approximate surface area is 123 Å². The van der Waals surface area contributed by atoms with E-state index in [1.165, 1.54) is 0 Å². The molecule has 9 heteroatoms. The van der Waals surface area contributed by atoms with Crippen molar-refractivity contribution in [3.8, 4) is 0 Å². The zero-order chi connectivity index (χ0) is 10.3. The van der Waals surface area contributed by atoms with Gasteiger partial charge in [0.1, 0.15) is 6.61 Å². The molecule has 7 nitrogen and oxygen atoms in total. The van der Waals surface area contributed by atoms with Crippen molar-refractivity contribution < 1.29 is 33.4 Å². The first-order valence-corrected chi connectivity index (χ1v) is 4.64. The van der Waals surface area contributed by atoms with E-state index >= 15 is 0 Å². The van der Waals surface area contributed by atoms with E-state index < -0.39 is 13.8 Å².